The van der Waals surface area contributed by atoms with Gasteiger partial charge in [-0.25, -0.2) is 0 Å². The summed E-state index contributed by atoms with van der Waals surface area (Å²) in [6, 6.07) is 15.6. The molecule has 2 aromatic rings. The first-order valence-corrected chi connectivity index (χ1v) is 10.2. The normalized spacial score (nSPS) is 20.4. The Hall–Kier alpha value is -1.72. The predicted molar refractivity (Wildman–Crippen MR) is 109 cm³/mol. The molecule has 0 N–H and O–H groups in total. The molecule has 0 fully saturated rings. The lowest BCUT2D eigenvalue weighted by Crippen LogP contribution is -2.40. The van der Waals surface area contributed by atoms with Crippen LogP contribution in [0.5, 0.6) is 0 Å². The van der Waals surface area contributed by atoms with Crippen molar-refractivity contribution < 1.29 is 9.59 Å². The highest BCUT2D eigenvalue weighted by atomic mass is 79.9. The van der Waals surface area contributed by atoms with Crippen molar-refractivity contribution in [2.75, 3.05) is 4.90 Å². The maximum absolute atomic E-state index is 13.1. The van der Waals surface area contributed by atoms with Gasteiger partial charge in [-0.3, -0.25) is 14.5 Å². The molecule has 1 heterocycles. The zero-order valence-electron chi connectivity index (χ0n) is 14.0. The number of hydrogen-bond donors (Lipinski definition) is 0. The van der Waals surface area contributed by atoms with Crippen LogP contribution in [0.2, 0.25) is 0 Å². The van der Waals surface area contributed by atoms with Crippen LogP contribution in [0.1, 0.15) is 37.2 Å². The number of amides is 1. The lowest BCUT2D eigenvalue weighted by Gasteiger charge is -2.38. The zero-order chi connectivity index (χ0) is 18.3. The van der Waals surface area contributed by atoms with E-state index in [4.69, 9.17) is 0 Å². The Balaban J connectivity index is 1.87. The minimum atomic E-state index is -0.174. The second-order valence-electron chi connectivity index (χ2n) is 6.62. The van der Waals surface area contributed by atoms with Crippen molar-refractivity contribution in [2.24, 2.45) is 0 Å². The molecule has 4 rings (SSSR count). The van der Waals surface area contributed by atoms with Crippen LogP contribution < -0.4 is 4.90 Å². The Morgan fingerprint density at radius 3 is 2.38 bits per heavy atom. The molecule has 0 saturated heterocycles. The fraction of sp³-hybridized carbons (Fsp3) is 0.238. The maximum Gasteiger partial charge on any atom is 0.232 e. The van der Waals surface area contributed by atoms with E-state index < -0.39 is 0 Å². The molecule has 26 heavy (non-hydrogen) atoms. The summed E-state index contributed by atoms with van der Waals surface area (Å²) in [6.45, 7) is 0. The van der Waals surface area contributed by atoms with E-state index in [9.17, 15) is 9.59 Å². The Labute approximate surface area is 169 Å². The van der Waals surface area contributed by atoms with E-state index in [0.717, 1.165) is 44.3 Å². The van der Waals surface area contributed by atoms with Crippen LogP contribution in [0.4, 0.5) is 5.69 Å². The average Bonchev–Trinajstić information content (AvgIpc) is 2.63. The first-order valence-electron chi connectivity index (χ1n) is 8.65. The van der Waals surface area contributed by atoms with Gasteiger partial charge >= 0.3 is 0 Å². The van der Waals surface area contributed by atoms with Crippen molar-refractivity contribution >= 4 is 49.2 Å². The van der Waals surface area contributed by atoms with Gasteiger partial charge in [0.1, 0.15) is 0 Å². The van der Waals surface area contributed by atoms with Crippen LogP contribution in [0.15, 0.2) is 68.7 Å². The summed E-state index contributed by atoms with van der Waals surface area (Å²) in [4.78, 5) is 27.7. The van der Waals surface area contributed by atoms with E-state index in [2.05, 4.69) is 31.9 Å². The predicted octanol–water partition coefficient (Wildman–Crippen LogP) is 5.74. The highest BCUT2D eigenvalue weighted by Gasteiger charge is 2.40. The second-order valence-corrected chi connectivity index (χ2v) is 8.39. The largest absolute Gasteiger partial charge is 0.294 e. The number of nitrogens with zero attached hydrogens (tertiary/aromatic N) is 1. The van der Waals surface area contributed by atoms with Crippen LogP contribution in [0.25, 0.3) is 0 Å². The van der Waals surface area contributed by atoms with Gasteiger partial charge in [-0.2, -0.15) is 0 Å². The van der Waals surface area contributed by atoms with E-state index in [1.807, 2.05) is 48.5 Å². The SMILES string of the molecule is O=C1CCCC2=C1C(c1ccccc1Br)CC(=O)N2c1ccc(Br)cc1. The fourth-order valence-electron chi connectivity index (χ4n) is 3.91. The number of carbonyl (C=O) groups is 2. The Morgan fingerprint density at radius 2 is 1.65 bits per heavy atom. The lowest BCUT2D eigenvalue weighted by atomic mass is 9.77. The molecule has 0 bridgehead atoms. The van der Waals surface area contributed by atoms with Gasteiger partial charge in [0.15, 0.2) is 5.78 Å². The molecule has 3 nitrogen and oxygen atoms in total. The molecule has 0 saturated carbocycles. The molecular weight excluding hydrogens is 458 g/mol. The van der Waals surface area contributed by atoms with Gasteiger partial charge in [-0.15, -0.1) is 0 Å². The smallest absolute Gasteiger partial charge is 0.232 e. The molecule has 1 atom stereocenters. The van der Waals surface area contributed by atoms with E-state index >= 15 is 0 Å². The molecule has 1 aliphatic carbocycles. The molecule has 132 valence electrons. The number of allylic oxidation sites excluding steroid dienone is 2. The maximum atomic E-state index is 13.1. The van der Waals surface area contributed by atoms with Gasteiger partial charge in [0, 0.05) is 44.7 Å². The van der Waals surface area contributed by atoms with E-state index in [-0.39, 0.29) is 17.6 Å². The number of halogens is 2. The molecule has 0 radical (unpaired) electrons. The van der Waals surface area contributed by atoms with Crippen molar-refractivity contribution in [1.82, 2.24) is 0 Å². The van der Waals surface area contributed by atoms with Crippen molar-refractivity contribution in [1.29, 1.82) is 0 Å². The van der Waals surface area contributed by atoms with Crippen LogP contribution >= 0.6 is 31.9 Å². The number of Topliss-reactive ketones (excluding diaryl/α,β-unsaturated/α-hetero) is 1. The number of ketones is 1. The average molecular weight is 475 g/mol. The zero-order valence-corrected chi connectivity index (χ0v) is 17.2. The summed E-state index contributed by atoms with van der Waals surface area (Å²) < 4.78 is 1.91. The third-order valence-electron chi connectivity index (χ3n) is 5.04. The van der Waals surface area contributed by atoms with Crippen molar-refractivity contribution in [3.63, 3.8) is 0 Å². The summed E-state index contributed by atoms with van der Waals surface area (Å²) in [6.07, 6.45) is 2.41. The minimum absolute atomic E-state index is 0.0431. The monoisotopic (exact) mass is 473 g/mol. The number of anilines is 1. The third-order valence-corrected chi connectivity index (χ3v) is 6.29. The van der Waals surface area contributed by atoms with Crippen LogP contribution in [0, 0.1) is 0 Å². The molecule has 0 spiro atoms. The number of rotatable bonds is 2. The molecule has 1 unspecified atom stereocenters. The summed E-state index contributed by atoms with van der Waals surface area (Å²) in [7, 11) is 0. The van der Waals surface area contributed by atoms with Crippen molar-refractivity contribution in [2.45, 2.75) is 31.6 Å². The van der Waals surface area contributed by atoms with E-state index in [0.29, 0.717) is 12.8 Å². The van der Waals surface area contributed by atoms with Crippen LogP contribution in [0.3, 0.4) is 0 Å². The Kier molecular flexibility index (Phi) is 4.84. The molecule has 2 aromatic carbocycles. The van der Waals surface area contributed by atoms with Gasteiger partial charge in [-0.05, 0) is 48.7 Å². The molecule has 0 aromatic heterocycles. The van der Waals surface area contributed by atoms with E-state index in [1.54, 1.807) is 4.90 Å². The van der Waals surface area contributed by atoms with Crippen molar-refractivity contribution in [3.05, 3.63) is 74.3 Å². The molecule has 1 aliphatic heterocycles. The van der Waals surface area contributed by atoms with Crippen LogP contribution in [-0.2, 0) is 9.59 Å². The second kappa shape index (κ2) is 7.12. The first-order chi connectivity index (χ1) is 12.6. The van der Waals surface area contributed by atoms with Gasteiger partial charge < -0.3 is 0 Å². The summed E-state index contributed by atoms with van der Waals surface area (Å²) >= 11 is 7.03. The topological polar surface area (TPSA) is 37.4 Å². The molecule has 1 amide bonds. The van der Waals surface area contributed by atoms with Crippen LogP contribution in [-0.4, -0.2) is 11.7 Å². The third kappa shape index (κ3) is 3.08. The fourth-order valence-corrected chi connectivity index (χ4v) is 4.73. The lowest BCUT2D eigenvalue weighted by molar-refractivity contribution is -0.119. The highest BCUT2D eigenvalue weighted by molar-refractivity contribution is 9.10. The molecule has 2 aliphatic rings. The van der Waals surface area contributed by atoms with Gasteiger partial charge in [0.05, 0.1) is 0 Å². The summed E-state index contributed by atoms with van der Waals surface area (Å²) in [5.41, 5.74) is 3.52. The quantitative estimate of drug-likeness (QED) is 0.556. The molecular formula is C21H17Br2NO2. The number of carbonyl (C=O) groups excluding carboxylic acids is 2. The highest BCUT2D eigenvalue weighted by Crippen LogP contribution is 2.44. The summed E-state index contributed by atoms with van der Waals surface area (Å²) in [5, 5.41) is 0. The first kappa shape index (κ1) is 17.7. The minimum Gasteiger partial charge on any atom is -0.294 e. The van der Waals surface area contributed by atoms with Gasteiger partial charge in [0.25, 0.3) is 0 Å². The van der Waals surface area contributed by atoms with E-state index in [1.165, 1.54) is 0 Å². The van der Waals surface area contributed by atoms with Crippen molar-refractivity contribution in [3.8, 4) is 0 Å². The molecule has 5 heteroatoms. The Morgan fingerprint density at radius 1 is 0.923 bits per heavy atom. The van der Waals surface area contributed by atoms with Gasteiger partial charge in [0.2, 0.25) is 5.91 Å². The standard InChI is InChI=1S/C21H17Br2NO2/c22-13-8-10-14(11-9-13)24-18-6-3-7-19(25)21(18)16(12-20(24)26)15-4-1-2-5-17(15)23/h1-2,4-5,8-11,16H,3,6-7,12H2. The van der Waals surface area contributed by atoms with Gasteiger partial charge in [-0.1, -0.05) is 50.1 Å². The number of benzene rings is 2. The number of hydrogen-bond acceptors (Lipinski definition) is 2. The summed E-state index contributed by atoms with van der Waals surface area (Å²) in [5.74, 6) is 0.0377. The Bertz CT molecular complexity index is 918.